The highest BCUT2D eigenvalue weighted by atomic mass is 31.1. The van der Waals surface area contributed by atoms with Crippen LogP contribution in [-0.2, 0) is 4.52 Å². The van der Waals surface area contributed by atoms with E-state index in [9.17, 15) is 0 Å². The van der Waals surface area contributed by atoms with Crippen LogP contribution in [-0.4, -0.2) is 6.61 Å². The van der Waals surface area contributed by atoms with Gasteiger partial charge < -0.3 is 9.05 Å². The van der Waals surface area contributed by atoms with E-state index in [2.05, 4.69) is 13.8 Å². The molecule has 0 aliphatic rings. The Hall–Kier alpha value is -0.590. The van der Waals surface area contributed by atoms with E-state index >= 15 is 0 Å². The molecule has 1 aromatic rings. The molecule has 78 valence electrons. The fourth-order valence-corrected chi connectivity index (χ4v) is 1.39. The molecule has 0 bridgehead atoms. The standard InChI is InChI=1S/C11H17O2P/c1-10(2)8-9-12-14-13-11-6-4-3-5-7-11/h3-7,10,14H,8-9H2,1-2H3. The molecule has 1 aromatic carbocycles. The quantitative estimate of drug-likeness (QED) is 0.529. The van der Waals surface area contributed by atoms with Gasteiger partial charge in [-0.3, -0.25) is 0 Å². The smallest absolute Gasteiger partial charge is 0.215 e. The molecule has 0 amide bonds. The van der Waals surface area contributed by atoms with Crippen LogP contribution in [0.1, 0.15) is 20.3 Å². The minimum absolute atomic E-state index is 0.109. The molecule has 14 heavy (non-hydrogen) atoms. The number of hydrogen-bond acceptors (Lipinski definition) is 2. The van der Waals surface area contributed by atoms with Gasteiger partial charge >= 0.3 is 0 Å². The van der Waals surface area contributed by atoms with E-state index in [0.717, 1.165) is 18.8 Å². The van der Waals surface area contributed by atoms with Crippen LogP contribution in [0.5, 0.6) is 5.75 Å². The fourth-order valence-electron chi connectivity index (χ4n) is 0.902. The Bertz CT molecular complexity index is 236. The zero-order valence-electron chi connectivity index (χ0n) is 8.69. The van der Waals surface area contributed by atoms with Crippen molar-refractivity contribution >= 4 is 9.03 Å². The van der Waals surface area contributed by atoms with Crippen molar-refractivity contribution in [3.05, 3.63) is 30.3 Å². The molecule has 0 saturated carbocycles. The lowest BCUT2D eigenvalue weighted by atomic mass is 10.2. The van der Waals surface area contributed by atoms with Crippen LogP contribution in [0.4, 0.5) is 0 Å². The van der Waals surface area contributed by atoms with E-state index in [0.29, 0.717) is 5.92 Å². The number of hydrogen-bond donors (Lipinski definition) is 0. The highest BCUT2D eigenvalue weighted by Gasteiger charge is 1.95. The first-order valence-electron chi connectivity index (χ1n) is 4.87. The highest BCUT2D eigenvalue weighted by molar-refractivity contribution is 7.26. The first kappa shape index (κ1) is 11.5. The molecule has 0 saturated heterocycles. The van der Waals surface area contributed by atoms with E-state index in [-0.39, 0.29) is 9.03 Å². The third-order valence-electron chi connectivity index (χ3n) is 1.76. The zero-order valence-corrected chi connectivity index (χ0v) is 9.69. The van der Waals surface area contributed by atoms with E-state index in [4.69, 9.17) is 9.05 Å². The van der Waals surface area contributed by atoms with Crippen molar-refractivity contribution in [2.75, 3.05) is 6.61 Å². The summed E-state index contributed by atoms with van der Waals surface area (Å²) in [6.07, 6.45) is 1.09. The normalized spacial score (nSPS) is 11.4. The van der Waals surface area contributed by atoms with Crippen LogP contribution in [0, 0.1) is 5.92 Å². The van der Waals surface area contributed by atoms with Crippen LogP contribution >= 0.6 is 9.03 Å². The molecule has 0 radical (unpaired) electrons. The summed E-state index contributed by atoms with van der Waals surface area (Å²) < 4.78 is 10.7. The Morgan fingerprint density at radius 1 is 1.21 bits per heavy atom. The van der Waals surface area contributed by atoms with Gasteiger partial charge in [-0.25, -0.2) is 0 Å². The summed E-state index contributed by atoms with van der Waals surface area (Å²) in [5.74, 6) is 1.56. The predicted molar refractivity (Wildman–Crippen MR) is 60.8 cm³/mol. The van der Waals surface area contributed by atoms with Crippen LogP contribution < -0.4 is 4.52 Å². The summed E-state index contributed by atoms with van der Waals surface area (Å²) in [4.78, 5) is 0. The molecule has 1 atom stereocenters. The Morgan fingerprint density at radius 2 is 1.93 bits per heavy atom. The summed E-state index contributed by atoms with van der Waals surface area (Å²) in [6, 6.07) is 9.73. The number of rotatable bonds is 6. The van der Waals surface area contributed by atoms with Crippen molar-refractivity contribution in [3.63, 3.8) is 0 Å². The van der Waals surface area contributed by atoms with E-state index in [1.54, 1.807) is 0 Å². The molecule has 0 fully saturated rings. The zero-order chi connectivity index (χ0) is 10.2. The largest absolute Gasteiger partial charge is 0.450 e. The molecule has 1 unspecified atom stereocenters. The molecule has 0 heterocycles. The van der Waals surface area contributed by atoms with E-state index in [1.807, 2.05) is 30.3 Å². The maximum atomic E-state index is 5.39. The van der Waals surface area contributed by atoms with Crippen molar-refractivity contribution in [3.8, 4) is 5.75 Å². The third-order valence-corrected chi connectivity index (χ3v) is 2.40. The van der Waals surface area contributed by atoms with E-state index < -0.39 is 0 Å². The van der Waals surface area contributed by atoms with Crippen molar-refractivity contribution in [1.29, 1.82) is 0 Å². The molecule has 0 aliphatic heterocycles. The van der Waals surface area contributed by atoms with Gasteiger partial charge in [-0.15, -0.1) is 0 Å². The van der Waals surface area contributed by atoms with E-state index in [1.165, 1.54) is 0 Å². The second-order valence-corrected chi connectivity index (χ2v) is 4.19. The SMILES string of the molecule is CC(C)CCOPOc1ccccc1. The van der Waals surface area contributed by atoms with Gasteiger partial charge in [0, 0.05) is 0 Å². The summed E-state index contributed by atoms with van der Waals surface area (Å²) in [5.41, 5.74) is 0. The lowest BCUT2D eigenvalue weighted by Gasteiger charge is -2.06. The summed E-state index contributed by atoms with van der Waals surface area (Å²) in [5, 5.41) is 0. The van der Waals surface area contributed by atoms with Gasteiger partial charge in [0.05, 0.1) is 6.61 Å². The Labute approximate surface area is 87.6 Å². The van der Waals surface area contributed by atoms with Crippen LogP contribution in [0.3, 0.4) is 0 Å². The molecule has 0 N–H and O–H groups in total. The monoisotopic (exact) mass is 212 g/mol. The maximum absolute atomic E-state index is 5.39. The minimum Gasteiger partial charge on any atom is -0.450 e. The van der Waals surface area contributed by atoms with Crippen molar-refractivity contribution in [1.82, 2.24) is 0 Å². The number of para-hydroxylation sites is 1. The average Bonchev–Trinajstić information content (AvgIpc) is 2.18. The van der Waals surface area contributed by atoms with Crippen LogP contribution in [0.2, 0.25) is 0 Å². The van der Waals surface area contributed by atoms with Gasteiger partial charge in [-0.1, -0.05) is 32.0 Å². The second kappa shape index (κ2) is 6.80. The topological polar surface area (TPSA) is 18.5 Å². The van der Waals surface area contributed by atoms with Gasteiger partial charge in [-0.2, -0.15) is 0 Å². The van der Waals surface area contributed by atoms with Gasteiger partial charge in [0.25, 0.3) is 0 Å². The first-order valence-corrected chi connectivity index (χ1v) is 5.69. The highest BCUT2D eigenvalue weighted by Crippen LogP contribution is 2.21. The molecule has 0 spiro atoms. The third kappa shape index (κ3) is 5.21. The Morgan fingerprint density at radius 3 is 2.57 bits per heavy atom. The summed E-state index contributed by atoms with van der Waals surface area (Å²) in [6.45, 7) is 5.15. The summed E-state index contributed by atoms with van der Waals surface area (Å²) in [7, 11) is 0.109. The van der Waals surface area contributed by atoms with Crippen molar-refractivity contribution in [2.24, 2.45) is 5.92 Å². The Kier molecular flexibility index (Phi) is 5.58. The maximum Gasteiger partial charge on any atom is 0.215 e. The predicted octanol–water partition coefficient (Wildman–Crippen LogP) is 3.64. The van der Waals surface area contributed by atoms with Crippen LogP contribution in [0.25, 0.3) is 0 Å². The molecule has 2 nitrogen and oxygen atoms in total. The molecule has 0 aliphatic carbocycles. The number of benzene rings is 1. The first-order chi connectivity index (χ1) is 6.79. The van der Waals surface area contributed by atoms with Gasteiger partial charge in [-0.05, 0) is 24.5 Å². The fraction of sp³-hybridized carbons (Fsp3) is 0.455. The van der Waals surface area contributed by atoms with Gasteiger partial charge in [0.1, 0.15) is 5.75 Å². The molecular formula is C11H17O2P. The lowest BCUT2D eigenvalue weighted by Crippen LogP contribution is -1.93. The second-order valence-electron chi connectivity index (χ2n) is 3.53. The van der Waals surface area contributed by atoms with Gasteiger partial charge in [0.15, 0.2) is 0 Å². The van der Waals surface area contributed by atoms with Crippen molar-refractivity contribution < 1.29 is 9.05 Å². The van der Waals surface area contributed by atoms with Crippen LogP contribution in [0.15, 0.2) is 30.3 Å². The molecule has 3 heteroatoms. The average molecular weight is 212 g/mol. The summed E-state index contributed by atoms with van der Waals surface area (Å²) >= 11 is 0. The van der Waals surface area contributed by atoms with Crippen molar-refractivity contribution in [2.45, 2.75) is 20.3 Å². The lowest BCUT2D eigenvalue weighted by molar-refractivity contribution is 0.301. The molecule has 1 rings (SSSR count). The van der Waals surface area contributed by atoms with Gasteiger partial charge in [0.2, 0.25) is 9.03 Å². The minimum atomic E-state index is 0.109. The molecular weight excluding hydrogens is 195 g/mol. The Balaban J connectivity index is 2.05. The molecule has 0 aromatic heterocycles.